The van der Waals surface area contributed by atoms with Gasteiger partial charge in [0.25, 0.3) is 0 Å². The molecule has 0 bridgehead atoms. The minimum atomic E-state index is 0.114. The molecule has 1 aromatic carbocycles. The molecule has 0 radical (unpaired) electrons. The minimum Gasteiger partial charge on any atom is -0.356 e. The Balaban J connectivity index is 1.68. The maximum atomic E-state index is 5.46. The predicted molar refractivity (Wildman–Crippen MR) is 112 cm³/mol. The van der Waals surface area contributed by atoms with E-state index in [1.165, 1.54) is 24.8 Å². The van der Waals surface area contributed by atoms with Gasteiger partial charge in [0.05, 0.1) is 6.04 Å². The summed E-state index contributed by atoms with van der Waals surface area (Å²) in [6.45, 7) is 7.39. The van der Waals surface area contributed by atoms with Crippen molar-refractivity contribution in [3.8, 4) is 0 Å². The first-order chi connectivity index (χ1) is 12.5. The molecule has 1 aliphatic heterocycles. The van der Waals surface area contributed by atoms with Crippen molar-refractivity contribution in [1.29, 1.82) is 0 Å². The van der Waals surface area contributed by atoms with Gasteiger partial charge in [-0.2, -0.15) is 4.98 Å². The van der Waals surface area contributed by atoms with E-state index in [1.54, 1.807) is 0 Å². The molecule has 2 N–H and O–H groups in total. The molecule has 0 unspecified atom stereocenters. The van der Waals surface area contributed by atoms with E-state index in [2.05, 4.69) is 52.6 Å². The number of piperidine rings is 1. The lowest BCUT2D eigenvalue weighted by Crippen LogP contribution is -2.38. The average molecular weight is 370 g/mol. The number of rotatable bonds is 4. The number of hydrogen-bond donors (Lipinski definition) is 2. The molecular formula is C20H27N5S. The molecule has 138 valence electrons. The second-order valence-corrected chi connectivity index (χ2v) is 7.37. The number of thiocarbonyl (C=S) groups is 1. The molecule has 1 aromatic heterocycles. The zero-order valence-electron chi connectivity index (χ0n) is 15.7. The SMILES string of the molecule is Cc1cc(N2CCCC[C@@H]2C)nc(NC(=S)N[C@@H](C)c2ccccc2)n1. The lowest BCUT2D eigenvalue weighted by molar-refractivity contribution is 0.481. The first kappa shape index (κ1) is 18.6. The highest BCUT2D eigenvalue weighted by Gasteiger charge is 2.20. The van der Waals surface area contributed by atoms with Crippen LogP contribution in [0.15, 0.2) is 36.4 Å². The largest absolute Gasteiger partial charge is 0.356 e. The lowest BCUT2D eigenvalue weighted by Gasteiger charge is -2.34. The molecular weight excluding hydrogens is 342 g/mol. The van der Waals surface area contributed by atoms with Crippen molar-refractivity contribution >= 4 is 29.1 Å². The van der Waals surface area contributed by atoms with E-state index in [0.717, 1.165) is 18.1 Å². The van der Waals surface area contributed by atoms with Crippen LogP contribution in [0.3, 0.4) is 0 Å². The van der Waals surface area contributed by atoms with E-state index in [0.29, 0.717) is 17.1 Å². The average Bonchev–Trinajstić information content (AvgIpc) is 2.62. The second-order valence-electron chi connectivity index (χ2n) is 6.96. The summed E-state index contributed by atoms with van der Waals surface area (Å²) >= 11 is 5.46. The van der Waals surface area contributed by atoms with Crippen LogP contribution in [0.4, 0.5) is 11.8 Å². The number of anilines is 2. The van der Waals surface area contributed by atoms with Crippen LogP contribution in [0.5, 0.6) is 0 Å². The second kappa shape index (κ2) is 8.45. The van der Waals surface area contributed by atoms with Crippen LogP contribution in [-0.2, 0) is 0 Å². The van der Waals surface area contributed by atoms with Gasteiger partial charge in [-0.1, -0.05) is 30.3 Å². The van der Waals surface area contributed by atoms with Crippen LogP contribution in [0.1, 0.15) is 50.4 Å². The molecule has 0 amide bonds. The van der Waals surface area contributed by atoms with E-state index in [1.807, 2.05) is 25.1 Å². The molecule has 3 rings (SSSR count). The van der Waals surface area contributed by atoms with Crippen LogP contribution in [0.25, 0.3) is 0 Å². The smallest absolute Gasteiger partial charge is 0.231 e. The first-order valence-corrected chi connectivity index (χ1v) is 9.68. The van der Waals surface area contributed by atoms with Crippen molar-refractivity contribution in [3.63, 3.8) is 0 Å². The lowest BCUT2D eigenvalue weighted by atomic mass is 10.0. The zero-order valence-corrected chi connectivity index (χ0v) is 16.5. The molecule has 0 aliphatic carbocycles. The van der Waals surface area contributed by atoms with Gasteiger partial charge in [-0.3, -0.25) is 0 Å². The van der Waals surface area contributed by atoms with E-state index in [4.69, 9.17) is 17.2 Å². The Kier molecular flexibility index (Phi) is 6.04. The number of nitrogens with zero attached hydrogens (tertiary/aromatic N) is 3. The quantitative estimate of drug-likeness (QED) is 0.788. The first-order valence-electron chi connectivity index (χ1n) is 9.27. The number of nitrogens with one attached hydrogen (secondary N) is 2. The summed E-state index contributed by atoms with van der Waals surface area (Å²) in [5, 5.41) is 6.98. The highest BCUT2D eigenvalue weighted by molar-refractivity contribution is 7.80. The molecule has 6 heteroatoms. The summed E-state index contributed by atoms with van der Waals surface area (Å²) in [5.74, 6) is 1.53. The van der Waals surface area contributed by atoms with Crippen molar-refractivity contribution in [2.24, 2.45) is 0 Å². The fourth-order valence-corrected chi connectivity index (χ4v) is 3.62. The Morgan fingerprint density at radius 3 is 2.73 bits per heavy atom. The van der Waals surface area contributed by atoms with Gasteiger partial charge in [0.15, 0.2) is 5.11 Å². The van der Waals surface area contributed by atoms with Crippen molar-refractivity contribution in [3.05, 3.63) is 47.7 Å². The molecule has 1 saturated heterocycles. The summed E-state index contributed by atoms with van der Waals surface area (Å²) in [4.78, 5) is 11.6. The van der Waals surface area contributed by atoms with E-state index >= 15 is 0 Å². The van der Waals surface area contributed by atoms with Gasteiger partial charge < -0.3 is 15.5 Å². The third-order valence-electron chi connectivity index (χ3n) is 4.81. The Hall–Kier alpha value is -2.21. The highest BCUT2D eigenvalue weighted by atomic mass is 32.1. The summed E-state index contributed by atoms with van der Waals surface area (Å²) in [6, 6.07) is 12.9. The van der Waals surface area contributed by atoms with Crippen LogP contribution in [-0.4, -0.2) is 27.7 Å². The summed E-state index contributed by atoms with van der Waals surface area (Å²) in [5.41, 5.74) is 2.12. The van der Waals surface area contributed by atoms with Crippen molar-refractivity contribution in [2.75, 3.05) is 16.8 Å². The minimum absolute atomic E-state index is 0.114. The molecule has 26 heavy (non-hydrogen) atoms. The van der Waals surface area contributed by atoms with E-state index in [-0.39, 0.29) is 6.04 Å². The molecule has 1 aliphatic rings. The van der Waals surface area contributed by atoms with Gasteiger partial charge in [0.2, 0.25) is 5.95 Å². The Morgan fingerprint density at radius 1 is 1.23 bits per heavy atom. The fraction of sp³-hybridized carbons (Fsp3) is 0.450. The molecule has 0 saturated carbocycles. The Morgan fingerprint density at radius 2 is 2.00 bits per heavy atom. The molecule has 0 spiro atoms. The molecule has 1 fully saturated rings. The Labute approximate surface area is 161 Å². The van der Waals surface area contributed by atoms with Gasteiger partial charge >= 0.3 is 0 Å². The fourth-order valence-electron chi connectivity index (χ4n) is 3.35. The van der Waals surface area contributed by atoms with Gasteiger partial charge in [-0.25, -0.2) is 4.98 Å². The van der Waals surface area contributed by atoms with Crippen LogP contribution < -0.4 is 15.5 Å². The predicted octanol–water partition coefficient (Wildman–Crippen LogP) is 4.21. The summed E-state index contributed by atoms with van der Waals surface area (Å²) < 4.78 is 0. The maximum absolute atomic E-state index is 5.46. The van der Waals surface area contributed by atoms with Gasteiger partial charge in [0, 0.05) is 24.3 Å². The van der Waals surface area contributed by atoms with E-state index in [9.17, 15) is 0 Å². The Bertz CT molecular complexity index is 749. The number of hydrogen-bond acceptors (Lipinski definition) is 4. The van der Waals surface area contributed by atoms with Crippen molar-refractivity contribution in [1.82, 2.24) is 15.3 Å². The van der Waals surface area contributed by atoms with Crippen LogP contribution in [0, 0.1) is 6.92 Å². The third-order valence-corrected chi connectivity index (χ3v) is 5.03. The summed E-state index contributed by atoms with van der Waals surface area (Å²) in [6.07, 6.45) is 3.71. The zero-order chi connectivity index (χ0) is 18.5. The number of benzene rings is 1. The highest BCUT2D eigenvalue weighted by Crippen LogP contribution is 2.24. The van der Waals surface area contributed by atoms with Gasteiger partial charge in [-0.15, -0.1) is 0 Å². The van der Waals surface area contributed by atoms with Crippen molar-refractivity contribution in [2.45, 2.75) is 52.1 Å². The standard InChI is InChI=1S/C20H27N5S/c1-14-13-18(25-12-8-7-9-15(25)2)23-19(21-14)24-20(26)22-16(3)17-10-5-4-6-11-17/h4-6,10-11,13,15-16H,7-9,12H2,1-3H3,(H2,21,22,23,24,26)/t15-,16-/m0/s1. The van der Waals surface area contributed by atoms with Gasteiger partial charge in [-0.05, 0) is 57.8 Å². The summed E-state index contributed by atoms with van der Waals surface area (Å²) in [7, 11) is 0. The van der Waals surface area contributed by atoms with Gasteiger partial charge in [0.1, 0.15) is 5.82 Å². The molecule has 2 heterocycles. The van der Waals surface area contributed by atoms with Crippen LogP contribution >= 0.6 is 12.2 Å². The third kappa shape index (κ3) is 4.69. The number of aryl methyl sites for hydroxylation is 1. The molecule has 2 aromatic rings. The monoisotopic (exact) mass is 369 g/mol. The normalized spacial score (nSPS) is 18.3. The molecule has 5 nitrogen and oxygen atoms in total. The van der Waals surface area contributed by atoms with Crippen LogP contribution in [0.2, 0.25) is 0 Å². The van der Waals surface area contributed by atoms with Crippen molar-refractivity contribution < 1.29 is 0 Å². The topological polar surface area (TPSA) is 53.1 Å². The van der Waals surface area contributed by atoms with E-state index < -0.39 is 0 Å². The maximum Gasteiger partial charge on any atom is 0.231 e. The molecule has 2 atom stereocenters. The number of aromatic nitrogens is 2.